The maximum Gasteiger partial charge on any atom is 0.305 e. The Labute approximate surface area is 181 Å². The van der Waals surface area contributed by atoms with Gasteiger partial charge in [0.15, 0.2) is 8.32 Å². The highest BCUT2D eigenvalue weighted by atomic mass is 28.4. The maximum atomic E-state index is 11.0. The summed E-state index contributed by atoms with van der Waals surface area (Å²) in [4.78, 5) is 11.0. The second-order valence-corrected chi connectivity index (χ2v) is 14.1. The van der Waals surface area contributed by atoms with Crippen molar-refractivity contribution in [3.8, 4) is 0 Å². The zero-order valence-corrected chi connectivity index (χ0v) is 21.1. The molecule has 0 spiro atoms. The molecule has 0 aromatic rings. The van der Waals surface area contributed by atoms with Crippen LogP contribution in [0.5, 0.6) is 0 Å². The number of methoxy groups -OCH3 is 1. The first-order valence-corrected chi connectivity index (χ1v) is 14.2. The first-order chi connectivity index (χ1) is 13.6. The van der Waals surface area contributed by atoms with Gasteiger partial charge >= 0.3 is 5.97 Å². The van der Waals surface area contributed by atoms with Crippen LogP contribution < -0.4 is 0 Å². The molecule has 0 aliphatic heterocycles. The van der Waals surface area contributed by atoms with E-state index >= 15 is 0 Å². The summed E-state index contributed by atoms with van der Waals surface area (Å²) < 4.78 is 11.0. The predicted octanol–water partition coefficient (Wildman–Crippen LogP) is 7.75. The van der Waals surface area contributed by atoms with Crippen molar-refractivity contribution in [2.45, 2.75) is 110 Å². The molecule has 0 heterocycles. The van der Waals surface area contributed by atoms with E-state index in [1.165, 1.54) is 26.4 Å². The fourth-order valence-corrected chi connectivity index (χ4v) is 4.04. The van der Waals surface area contributed by atoms with Crippen LogP contribution in [-0.4, -0.2) is 27.5 Å². The van der Waals surface area contributed by atoms with E-state index in [-0.39, 0.29) is 17.1 Å². The Hall–Kier alpha value is -1.13. The van der Waals surface area contributed by atoms with Crippen LogP contribution in [0.25, 0.3) is 0 Å². The Kier molecular flexibility index (Phi) is 15.1. The highest BCUT2D eigenvalue weighted by Crippen LogP contribution is 2.37. The summed E-state index contributed by atoms with van der Waals surface area (Å²) >= 11 is 0. The average molecular weight is 423 g/mol. The predicted molar refractivity (Wildman–Crippen MR) is 129 cm³/mol. The highest BCUT2D eigenvalue weighted by molar-refractivity contribution is 6.74. The van der Waals surface area contributed by atoms with E-state index in [9.17, 15) is 4.79 Å². The summed E-state index contributed by atoms with van der Waals surface area (Å²) in [6.45, 7) is 13.6. The van der Waals surface area contributed by atoms with Crippen LogP contribution in [0.2, 0.25) is 18.1 Å². The SMILES string of the molecule is COC(=O)CCCCCCC/C=C\C/C=C\C/C=C\[C@@H](C)O[Si](C)(C)C(C)(C)C. The van der Waals surface area contributed by atoms with Gasteiger partial charge in [0.2, 0.25) is 0 Å². The molecule has 168 valence electrons. The molecule has 0 aromatic carbocycles. The molecule has 0 aliphatic rings. The third kappa shape index (κ3) is 15.4. The molecule has 0 fully saturated rings. The molecule has 0 unspecified atom stereocenters. The number of hydrogen-bond acceptors (Lipinski definition) is 3. The molecular formula is C25H46O3Si. The second kappa shape index (κ2) is 15.7. The summed E-state index contributed by atoms with van der Waals surface area (Å²) in [6, 6.07) is 0. The van der Waals surface area contributed by atoms with E-state index in [2.05, 4.69) is 82.0 Å². The van der Waals surface area contributed by atoms with Crippen molar-refractivity contribution in [3.63, 3.8) is 0 Å². The highest BCUT2D eigenvalue weighted by Gasteiger charge is 2.37. The third-order valence-electron chi connectivity index (χ3n) is 5.55. The fourth-order valence-electron chi connectivity index (χ4n) is 2.68. The van der Waals surface area contributed by atoms with Gasteiger partial charge in [-0.25, -0.2) is 0 Å². The Morgan fingerprint density at radius 2 is 1.45 bits per heavy atom. The lowest BCUT2D eigenvalue weighted by atomic mass is 10.1. The van der Waals surface area contributed by atoms with Gasteiger partial charge in [0.1, 0.15) is 0 Å². The lowest BCUT2D eigenvalue weighted by Crippen LogP contribution is -2.42. The molecule has 0 amide bonds. The Balaban J connectivity index is 3.71. The van der Waals surface area contributed by atoms with Crippen molar-refractivity contribution in [1.29, 1.82) is 0 Å². The van der Waals surface area contributed by atoms with E-state index in [1.807, 2.05) is 0 Å². The molecule has 0 rings (SSSR count). The van der Waals surface area contributed by atoms with Crippen molar-refractivity contribution in [1.82, 2.24) is 0 Å². The van der Waals surface area contributed by atoms with Gasteiger partial charge in [-0.2, -0.15) is 0 Å². The normalized spacial score (nSPS) is 14.3. The molecule has 4 heteroatoms. The number of esters is 1. The monoisotopic (exact) mass is 422 g/mol. The van der Waals surface area contributed by atoms with Gasteiger partial charge in [-0.1, -0.05) is 76.5 Å². The van der Waals surface area contributed by atoms with Crippen molar-refractivity contribution >= 4 is 14.3 Å². The van der Waals surface area contributed by atoms with E-state index in [0.717, 1.165) is 32.1 Å². The molecule has 0 saturated heterocycles. The molecule has 0 N–H and O–H groups in total. The quantitative estimate of drug-likeness (QED) is 0.117. The Morgan fingerprint density at radius 1 is 0.897 bits per heavy atom. The summed E-state index contributed by atoms with van der Waals surface area (Å²) in [5.41, 5.74) is 0. The molecule has 1 atom stereocenters. The van der Waals surface area contributed by atoms with E-state index in [4.69, 9.17) is 4.43 Å². The van der Waals surface area contributed by atoms with Crippen molar-refractivity contribution < 1.29 is 14.0 Å². The molecule has 0 saturated carbocycles. The van der Waals surface area contributed by atoms with Gasteiger partial charge < -0.3 is 9.16 Å². The molecule has 0 radical (unpaired) electrons. The first kappa shape index (κ1) is 27.9. The topological polar surface area (TPSA) is 35.5 Å². The minimum Gasteiger partial charge on any atom is -0.469 e. The first-order valence-electron chi connectivity index (χ1n) is 11.3. The fraction of sp³-hybridized carbons (Fsp3) is 0.720. The molecular weight excluding hydrogens is 376 g/mol. The molecule has 0 aromatic heterocycles. The summed E-state index contributed by atoms with van der Waals surface area (Å²) in [6.07, 6.45) is 23.0. The minimum absolute atomic E-state index is 0.0922. The van der Waals surface area contributed by atoms with Gasteiger partial charge in [-0.3, -0.25) is 4.79 Å². The van der Waals surface area contributed by atoms with Crippen LogP contribution in [0.1, 0.15) is 85.5 Å². The number of allylic oxidation sites excluding steroid dienone is 5. The van der Waals surface area contributed by atoms with Crippen molar-refractivity contribution in [2.75, 3.05) is 7.11 Å². The zero-order valence-electron chi connectivity index (χ0n) is 20.1. The Morgan fingerprint density at radius 3 is 2.07 bits per heavy atom. The summed E-state index contributed by atoms with van der Waals surface area (Å²) in [7, 11) is -0.227. The maximum absolute atomic E-state index is 11.0. The number of unbranched alkanes of at least 4 members (excludes halogenated alkanes) is 5. The van der Waals surface area contributed by atoms with Crippen LogP contribution in [0, 0.1) is 0 Å². The van der Waals surface area contributed by atoms with Crippen LogP contribution in [0.3, 0.4) is 0 Å². The zero-order chi connectivity index (χ0) is 22.2. The standard InChI is InChI=1S/C25H46O3Si/c1-23(28-29(6,7)25(2,3)4)21-19-17-15-13-11-9-8-10-12-14-16-18-20-22-24(26)27-5/h8-9,13,15,19,21,23H,10-12,14,16-18,20,22H2,1-7H3/b9-8-,15-13-,21-19-/t23-/m1/s1. The minimum atomic E-state index is -1.68. The lowest BCUT2D eigenvalue weighted by Gasteiger charge is -2.37. The number of ether oxygens (including phenoxy) is 1. The van der Waals surface area contributed by atoms with Crippen molar-refractivity contribution in [2.24, 2.45) is 0 Å². The molecule has 0 aliphatic carbocycles. The molecule has 3 nitrogen and oxygen atoms in total. The van der Waals surface area contributed by atoms with Crippen LogP contribution in [-0.2, 0) is 14.0 Å². The largest absolute Gasteiger partial charge is 0.469 e. The van der Waals surface area contributed by atoms with Gasteiger partial charge in [0.05, 0.1) is 13.2 Å². The second-order valence-electron chi connectivity index (χ2n) is 9.31. The van der Waals surface area contributed by atoms with Crippen LogP contribution in [0.4, 0.5) is 0 Å². The number of carbonyl (C=O) groups excluding carboxylic acids is 1. The number of hydrogen-bond donors (Lipinski definition) is 0. The summed E-state index contributed by atoms with van der Waals surface area (Å²) in [5.74, 6) is -0.0922. The molecule has 0 bridgehead atoms. The molecule has 29 heavy (non-hydrogen) atoms. The lowest BCUT2D eigenvalue weighted by molar-refractivity contribution is -0.140. The van der Waals surface area contributed by atoms with Gasteiger partial charge in [0, 0.05) is 6.42 Å². The van der Waals surface area contributed by atoms with E-state index < -0.39 is 8.32 Å². The third-order valence-corrected chi connectivity index (χ3v) is 10.1. The van der Waals surface area contributed by atoms with Gasteiger partial charge in [-0.15, -0.1) is 0 Å². The average Bonchev–Trinajstić information content (AvgIpc) is 2.63. The van der Waals surface area contributed by atoms with Crippen LogP contribution >= 0.6 is 0 Å². The van der Waals surface area contributed by atoms with Crippen LogP contribution in [0.15, 0.2) is 36.5 Å². The number of rotatable bonds is 15. The van der Waals surface area contributed by atoms with E-state index in [1.54, 1.807) is 0 Å². The van der Waals surface area contributed by atoms with Gasteiger partial charge in [0.25, 0.3) is 0 Å². The smallest absolute Gasteiger partial charge is 0.305 e. The van der Waals surface area contributed by atoms with Crippen molar-refractivity contribution in [3.05, 3.63) is 36.5 Å². The van der Waals surface area contributed by atoms with Gasteiger partial charge in [-0.05, 0) is 57.2 Å². The summed E-state index contributed by atoms with van der Waals surface area (Å²) in [5, 5.41) is 0.256. The number of carbonyl (C=O) groups is 1. The van der Waals surface area contributed by atoms with E-state index in [0.29, 0.717) is 6.42 Å². The Bertz CT molecular complexity index is 513.